The fraction of sp³-hybridized carbons (Fsp3) is 1.00. The molecule has 0 N–H and O–H groups in total. The van der Waals surface area contributed by atoms with E-state index < -0.39 is 0 Å². The summed E-state index contributed by atoms with van der Waals surface area (Å²) in [5, 5.41) is 0. The topological polar surface area (TPSA) is 9.23 Å². The van der Waals surface area contributed by atoms with E-state index in [1.54, 1.807) is 0 Å². The fourth-order valence-corrected chi connectivity index (χ4v) is 3.37. The van der Waals surface area contributed by atoms with Gasteiger partial charge in [0.05, 0.1) is 11.7 Å². The minimum absolute atomic E-state index is 0.0693. The van der Waals surface area contributed by atoms with Crippen LogP contribution in [-0.2, 0) is 4.74 Å². The van der Waals surface area contributed by atoms with Gasteiger partial charge < -0.3 is 4.74 Å². The molecular formula is C12H20O. The van der Waals surface area contributed by atoms with Crippen molar-refractivity contribution >= 4 is 0 Å². The van der Waals surface area contributed by atoms with Gasteiger partial charge in [0.2, 0.25) is 0 Å². The highest BCUT2D eigenvalue weighted by Gasteiger charge is 2.77. The lowest BCUT2D eigenvalue weighted by Gasteiger charge is -2.40. The third-order valence-electron chi connectivity index (χ3n) is 4.46. The molecule has 0 aromatic rings. The molecule has 0 aromatic carbocycles. The van der Waals surface area contributed by atoms with Crippen LogP contribution in [0.15, 0.2) is 0 Å². The predicted octanol–water partition coefficient (Wildman–Crippen LogP) is 3.13. The van der Waals surface area contributed by atoms with Gasteiger partial charge in [-0.3, -0.25) is 0 Å². The number of hydrogen-bond acceptors (Lipinski definition) is 1. The molecule has 0 radical (unpaired) electrons. The van der Waals surface area contributed by atoms with Gasteiger partial charge in [0, 0.05) is 5.41 Å². The van der Waals surface area contributed by atoms with Gasteiger partial charge in [0.1, 0.15) is 0 Å². The van der Waals surface area contributed by atoms with Gasteiger partial charge in [-0.2, -0.15) is 0 Å². The van der Waals surface area contributed by atoms with Gasteiger partial charge in [-0.1, -0.05) is 0 Å². The third-order valence-corrected chi connectivity index (χ3v) is 4.46. The third kappa shape index (κ3) is 0.971. The summed E-state index contributed by atoms with van der Waals surface area (Å²) >= 11 is 0. The number of rotatable bonds is 1. The van der Waals surface area contributed by atoms with Crippen LogP contribution in [0.25, 0.3) is 0 Å². The fourth-order valence-electron chi connectivity index (χ4n) is 3.37. The monoisotopic (exact) mass is 180 g/mol. The highest BCUT2D eigenvalue weighted by molar-refractivity contribution is 5.26. The Bertz CT molecular complexity index is 246. The zero-order valence-electron chi connectivity index (χ0n) is 9.02. The van der Waals surface area contributed by atoms with Crippen LogP contribution in [0.1, 0.15) is 52.9 Å². The number of hydrogen-bond donors (Lipinski definition) is 0. The second-order valence-electron chi connectivity index (χ2n) is 6.36. The molecule has 3 saturated carbocycles. The van der Waals surface area contributed by atoms with Crippen LogP contribution >= 0.6 is 0 Å². The molecule has 0 aromatic heterocycles. The van der Waals surface area contributed by atoms with Gasteiger partial charge in [0.15, 0.2) is 0 Å². The van der Waals surface area contributed by atoms with Gasteiger partial charge in [-0.05, 0) is 58.3 Å². The summed E-state index contributed by atoms with van der Waals surface area (Å²) in [5.41, 5.74) is 1.54. The van der Waals surface area contributed by atoms with E-state index in [0.717, 1.165) is 5.41 Å². The Hall–Kier alpha value is -0.0400. The van der Waals surface area contributed by atoms with Gasteiger partial charge in [-0.25, -0.2) is 0 Å². The van der Waals surface area contributed by atoms with E-state index >= 15 is 0 Å². The van der Waals surface area contributed by atoms with Crippen molar-refractivity contribution in [3.63, 3.8) is 0 Å². The molecule has 3 rings (SSSR count). The second kappa shape index (κ2) is 1.98. The molecule has 0 bridgehead atoms. The molecule has 2 atom stereocenters. The van der Waals surface area contributed by atoms with Crippen molar-refractivity contribution in [3.8, 4) is 0 Å². The lowest BCUT2D eigenvalue weighted by atomic mass is 9.66. The maximum Gasteiger partial charge on any atom is 0.0651 e. The Labute approximate surface area is 80.8 Å². The second-order valence-corrected chi connectivity index (χ2v) is 6.36. The molecule has 1 nitrogen and oxygen atoms in total. The first-order valence-corrected chi connectivity index (χ1v) is 5.65. The van der Waals surface area contributed by atoms with E-state index in [4.69, 9.17) is 4.74 Å². The van der Waals surface area contributed by atoms with Crippen LogP contribution in [0, 0.1) is 10.8 Å². The van der Waals surface area contributed by atoms with Crippen LogP contribution in [-0.4, -0.2) is 11.7 Å². The van der Waals surface area contributed by atoms with Crippen molar-refractivity contribution < 1.29 is 4.74 Å². The Morgan fingerprint density at radius 3 is 2.08 bits per heavy atom. The Balaban J connectivity index is 1.66. The number of ether oxygens (including phenoxy) is 1. The van der Waals surface area contributed by atoms with E-state index in [1.165, 1.54) is 32.1 Å². The minimum Gasteiger partial charge on any atom is -0.372 e. The standard InChI is InChI=1S/C12H20O/c1-10(2,3)13-9-8-12(9)7-6-11(12)4-5-11/h9H,4-8H2,1-3H3/t9-,12-/m1/s1. The summed E-state index contributed by atoms with van der Waals surface area (Å²) in [4.78, 5) is 0. The maximum atomic E-state index is 6.08. The Kier molecular flexibility index (Phi) is 1.26. The molecule has 74 valence electrons. The molecule has 0 aliphatic heterocycles. The van der Waals surface area contributed by atoms with E-state index in [1.807, 2.05) is 0 Å². The van der Waals surface area contributed by atoms with Crippen LogP contribution < -0.4 is 0 Å². The lowest BCUT2D eigenvalue weighted by Crippen LogP contribution is -2.35. The summed E-state index contributed by atoms with van der Waals surface area (Å²) in [6, 6.07) is 0. The molecule has 3 fully saturated rings. The van der Waals surface area contributed by atoms with Crippen molar-refractivity contribution in [2.24, 2.45) is 10.8 Å². The van der Waals surface area contributed by atoms with Crippen LogP contribution in [0.4, 0.5) is 0 Å². The van der Waals surface area contributed by atoms with Crippen molar-refractivity contribution in [3.05, 3.63) is 0 Å². The van der Waals surface area contributed by atoms with E-state index in [0.29, 0.717) is 11.5 Å². The summed E-state index contributed by atoms with van der Waals surface area (Å²) < 4.78 is 6.08. The summed E-state index contributed by atoms with van der Waals surface area (Å²) in [7, 11) is 0. The summed E-state index contributed by atoms with van der Waals surface area (Å²) in [5.74, 6) is 0. The Morgan fingerprint density at radius 2 is 1.69 bits per heavy atom. The van der Waals surface area contributed by atoms with Crippen molar-refractivity contribution in [2.75, 3.05) is 0 Å². The summed E-state index contributed by atoms with van der Waals surface area (Å²) in [6.07, 6.45) is 7.92. The van der Waals surface area contributed by atoms with Crippen LogP contribution in [0.3, 0.4) is 0 Å². The van der Waals surface area contributed by atoms with Crippen LogP contribution in [0.5, 0.6) is 0 Å². The maximum absolute atomic E-state index is 6.08. The molecule has 0 amide bonds. The van der Waals surface area contributed by atoms with E-state index in [2.05, 4.69) is 20.8 Å². The van der Waals surface area contributed by atoms with Crippen LogP contribution in [0.2, 0.25) is 0 Å². The molecule has 13 heavy (non-hydrogen) atoms. The molecule has 1 heteroatoms. The van der Waals surface area contributed by atoms with Crippen molar-refractivity contribution in [2.45, 2.75) is 64.6 Å². The molecule has 0 saturated heterocycles. The molecule has 2 spiro atoms. The quantitative estimate of drug-likeness (QED) is 0.602. The highest BCUT2D eigenvalue weighted by Crippen LogP contribution is 2.82. The zero-order chi connectivity index (χ0) is 9.32. The SMILES string of the molecule is CC(C)(C)O[C@@H]1C[C@]12CCC21CC1. The van der Waals surface area contributed by atoms with E-state index in [-0.39, 0.29) is 5.60 Å². The molecular weight excluding hydrogens is 160 g/mol. The molecule has 3 aliphatic rings. The predicted molar refractivity (Wildman–Crippen MR) is 52.6 cm³/mol. The first-order chi connectivity index (χ1) is 5.98. The first kappa shape index (κ1) is 8.28. The smallest absolute Gasteiger partial charge is 0.0651 e. The zero-order valence-corrected chi connectivity index (χ0v) is 9.02. The largest absolute Gasteiger partial charge is 0.372 e. The normalized spacial score (nSPS) is 45.0. The molecule has 0 heterocycles. The molecule has 0 unspecified atom stereocenters. The van der Waals surface area contributed by atoms with Gasteiger partial charge >= 0.3 is 0 Å². The minimum atomic E-state index is 0.0693. The lowest BCUT2D eigenvalue weighted by molar-refractivity contribution is -0.0619. The molecule has 3 aliphatic carbocycles. The van der Waals surface area contributed by atoms with Gasteiger partial charge in [0.25, 0.3) is 0 Å². The van der Waals surface area contributed by atoms with Crippen molar-refractivity contribution in [1.29, 1.82) is 0 Å². The summed E-state index contributed by atoms with van der Waals surface area (Å²) in [6.45, 7) is 6.53. The Morgan fingerprint density at radius 1 is 1.08 bits per heavy atom. The highest BCUT2D eigenvalue weighted by atomic mass is 16.5. The van der Waals surface area contributed by atoms with Crippen molar-refractivity contribution in [1.82, 2.24) is 0 Å². The number of fused-ring (bicyclic) bond motifs is 1. The average Bonchev–Trinajstić information content (AvgIpc) is 2.75. The average molecular weight is 180 g/mol. The van der Waals surface area contributed by atoms with Gasteiger partial charge in [-0.15, -0.1) is 0 Å². The van der Waals surface area contributed by atoms with E-state index in [9.17, 15) is 0 Å². The first-order valence-electron chi connectivity index (χ1n) is 5.65.